The number of amides is 1. The minimum Gasteiger partial charge on any atom is -0.478 e. The summed E-state index contributed by atoms with van der Waals surface area (Å²) >= 11 is 0. The Balaban J connectivity index is 2.39. The van der Waals surface area contributed by atoms with Gasteiger partial charge in [0.25, 0.3) is 0 Å². The molecule has 1 amide bonds. The Morgan fingerprint density at radius 3 is 2.83 bits per heavy atom. The van der Waals surface area contributed by atoms with Gasteiger partial charge in [0.15, 0.2) is 0 Å². The van der Waals surface area contributed by atoms with Gasteiger partial charge in [0, 0.05) is 18.9 Å². The highest BCUT2D eigenvalue weighted by Gasteiger charge is 2.30. The first-order valence-corrected chi connectivity index (χ1v) is 5.42. The van der Waals surface area contributed by atoms with Gasteiger partial charge in [-0.25, -0.2) is 4.79 Å². The molecule has 1 aromatic rings. The van der Waals surface area contributed by atoms with E-state index in [1.54, 1.807) is 0 Å². The van der Waals surface area contributed by atoms with E-state index in [0.717, 1.165) is 0 Å². The molecule has 0 radical (unpaired) electrons. The van der Waals surface area contributed by atoms with Gasteiger partial charge in [-0.1, -0.05) is 0 Å². The van der Waals surface area contributed by atoms with Crippen molar-refractivity contribution in [3.05, 3.63) is 23.8 Å². The molecule has 0 bridgehead atoms. The predicted molar refractivity (Wildman–Crippen MR) is 67.1 cm³/mol. The number of carbonyl (C=O) groups is 2. The number of nitrogens with zero attached hydrogens (tertiary/aromatic N) is 1. The Bertz CT molecular complexity index is 560. The van der Waals surface area contributed by atoms with Gasteiger partial charge >= 0.3 is 5.97 Å². The molecule has 0 aliphatic carbocycles. The van der Waals surface area contributed by atoms with E-state index >= 15 is 0 Å². The Hall–Kier alpha value is -2.48. The Morgan fingerprint density at radius 1 is 1.56 bits per heavy atom. The molecule has 1 heterocycles. The van der Waals surface area contributed by atoms with Crippen LogP contribution in [0.4, 0.5) is 11.4 Å². The highest BCUT2D eigenvalue weighted by molar-refractivity contribution is 6.00. The maximum Gasteiger partial charge on any atom is 0.335 e. The molecule has 18 heavy (non-hydrogen) atoms. The number of carboxylic acid groups (broad SMARTS) is 1. The molecule has 5 nitrogen and oxygen atoms in total. The summed E-state index contributed by atoms with van der Waals surface area (Å²) in [6.45, 7) is 0.378. The van der Waals surface area contributed by atoms with E-state index in [0.29, 0.717) is 17.9 Å². The van der Waals surface area contributed by atoms with Crippen LogP contribution in [0.25, 0.3) is 0 Å². The van der Waals surface area contributed by atoms with Crippen LogP contribution in [-0.2, 0) is 4.79 Å². The maximum absolute atomic E-state index is 11.8. The van der Waals surface area contributed by atoms with Gasteiger partial charge in [0.1, 0.15) is 0 Å². The molecule has 5 heteroatoms. The SMILES string of the molecule is C#CC1CC(=O)N(c2cc(C(=O)O)ccc2N)C1. The summed E-state index contributed by atoms with van der Waals surface area (Å²) in [7, 11) is 0. The molecule has 1 aliphatic rings. The average Bonchev–Trinajstić information content (AvgIpc) is 2.71. The number of carboxylic acids is 1. The smallest absolute Gasteiger partial charge is 0.335 e. The first-order valence-electron chi connectivity index (χ1n) is 5.42. The highest BCUT2D eigenvalue weighted by Crippen LogP contribution is 2.30. The van der Waals surface area contributed by atoms with Crippen molar-refractivity contribution < 1.29 is 14.7 Å². The molecular weight excluding hydrogens is 232 g/mol. The number of nitrogen functional groups attached to an aromatic ring is 1. The lowest BCUT2D eigenvalue weighted by atomic mass is 10.1. The second-order valence-corrected chi connectivity index (χ2v) is 4.15. The zero-order valence-electron chi connectivity index (χ0n) is 9.59. The van der Waals surface area contributed by atoms with Gasteiger partial charge in [-0.05, 0) is 18.2 Å². The van der Waals surface area contributed by atoms with Crippen LogP contribution in [0.1, 0.15) is 16.8 Å². The van der Waals surface area contributed by atoms with Crippen LogP contribution in [0.15, 0.2) is 18.2 Å². The standard InChI is InChI=1S/C13H12N2O3/c1-2-8-5-12(16)15(7-8)11-6-9(13(17)18)3-4-10(11)14/h1,3-4,6,8H,5,7,14H2,(H,17,18). The minimum absolute atomic E-state index is 0.0937. The molecule has 0 saturated carbocycles. The van der Waals surface area contributed by atoms with Crippen molar-refractivity contribution in [2.24, 2.45) is 5.92 Å². The van der Waals surface area contributed by atoms with Crippen molar-refractivity contribution in [3.8, 4) is 12.3 Å². The monoisotopic (exact) mass is 244 g/mol. The van der Waals surface area contributed by atoms with Crippen LogP contribution in [0.2, 0.25) is 0 Å². The van der Waals surface area contributed by atoms with Crippen molar-refractivity contribution in [2.75, 3.05) is 17.2 Å². The molecule has 1 aliphatic heterocycles. The molecule has 0 spiro atoms. The molecule has 92 valence electrons. The number of hydrogen-bond acceptors (Lipinski definition) is 3. The van der Waals surface area contributed by atoms with Crippen LogP contribution in [0.5, 0.6) is 0 Å². The molecule has 1 atom stereocenters. The number of terminal acetylenes is 1. The van der Waals surface area contributed by atoms with Crippen LogP contribution < -0.4 is 10.6 Å². The number of hydrogen-bond donors (Lipinski definition) is 2. The average molecular weight is 244 g/mol. The van der Waals surface area contributed by atoms with Crippen LogP contribution in [0, 0.1) is 18.3 Å². The van der Waals surface area contributed by atoms with E-state index < -0.39 is 5.97 Å². The van der Waals surface area contributed by atoms with E-state index in [1.165, 1.54) is 23.1 Å². The summed E-state index contributed by atoms with van der Waals surface area (Å²) in [5, 5.41) is 8.93. The lowest BCUT2D eigenvalue weighted by Crippen LogP contribution is -2.25. The number of rotatable bonds is 2. The number of nitrogens with two attached hydrogens (primary N) is 1. The van der Waals surface area contributed by atoms with Crippen LogP contribution >= 0.6 is 0 Å². The van der Waals surface area contributed by atoms with E-state index in [1.807, 2.05) is 0 Å². The van der Waals surface area contributed by atoms with Crippen LogP contribution in [-0.4, -0.2) is 23.5 Å². The van der Waals surface area contributed by atoms with Gasteiger partial charge in [-0.2, -0.15) is 0 Å². The Kier molecular flexibility index (Phi) is 2.94. The van der Waals surface area contributed by atoms with E-state index in [4.69, 9.17) is 17.3 Å². The number of anilines is 2. The molecule has 0 aromatic heterocycles. The fourth-order valence-electron chi connectivity index (χ4n) is 1.96. The third-order valence-corrected chi connectivity index (χ3v) is 2.93. The van der Waals surface area contributed by atoms with Crippen molar-refractivity contribution in [1.29, 1.82) is 0 Å². The van der Waals surface area contributed by atoms with Crippen molar-refractivity contribution in [2.45, 2.75) is 6.42 Å². The summed E-state index contributed by atoms with van der Waals surface area (Å²) in [6, 6.07) is 4.28. The Morgan fingerprint density at radius 2 is 2.28 bits per heavy atom. The Labute approximate surface area is 104 Å². The van der Waals surface area contributed by atoms with E-state index in [-0.39, 0.29) is 23.8 Å². The molecule has 1 aromatic carbocycles. The van der Waals surface area contributed by atoms with Crippen LogP contribution in [0.3, 0.4) is 0 Å². The fraction of sp³-hybridized carbons (Fsp3) is 0.231. The summed E-state index contributed by atoms with van der Waals surface area (Å²) in [5.41, 5.74) is 6.65. The summed E-state index contributed by atoms with van der Waals surface area (Å²) in [4.78, 5) is 24.2. The molecule has 1 fully saturated rings. The van der Waals surface area contributed by atoms with E-state index in [9.17, 15) is 9.59 Å². The lowest BCUT2D eigenvalue weighted by Gasteiger charge is -2.18. The highest BCUT2D eigenvalue weighted by atomic mass is 16.4. The second-order valence-electron chi connectivity index (χ2n) is 4.15. The summed E-state index contributed by atoms with van der Waals surface area (Å²) in [6.07, 6.45) is 5.57. The molecule has 1 unspecified atom stereocenters. The third-order valence-electron chi connectivity index (χ3n) is 2.93. The summed E-state index contributed by atoms with van der Waals surface area (Å²) in [5.74, 6) is 1.19. The first-order chi connectivity index (χ1) is 8.52. The minimum atomic E-state index is -1.06. The molecule has 1 saturated heterocycles. The van der Waals surface area contributed by atoms with Gasteiger partial charge in [0.05, 0.1) is 16.9 Å². The third kappa shape index (κ3) is 2.00. The van der Waals surface area contributed by atoms with Gasteiger partial charge in [-0.3, -0.25) is 4.79 Å². The number of carbonyl (C=O) groups excluding carboxylic acids is 1. The van der Waals surface area contributed by atoms with Crippen molar-refractivity contribution in [3.63, 3.8) is 0 Å². The zero-order chi connectivity index (χ0) is 13.3. The first kappa shape index (κ1) is 12.0. The quantitative estimate of drug-likeness (QED) is 0.599. The molecule has 2 rings (SSSR count). The predicted octanol–water partition coefficient (Wildman–Crippen LogP) is 0.953. The van der Waals surface area contributed by atoms with Gasteiger partial charge in [-0.15, -0.1) is 12.3 Å². The number of aromatic carboxylic acids is 1. The van der Waals surface area contributed by atoms with Gasteiger partial charge < -0.3 is 15.7 Å². The zero-order valence-corrected chi connectivity index (χ0v) is 9.59. The summed E-state index contributed by atoms with van der Waals surface area (Å²) < 4.78 is 0. The fourth-order valence-corrected chi connectivity index (χ4v) is 1.96. The second kappa shape index (κ2) is 4.41. The number of benzene rings is 1. The largest absolute Gasteiger partial charge is 0.478 e. The van der Waals surface area contributed by atoms with Gasteiger partial charge in [0.2, 0.25) is 5.91 Å². The lowest BCUT2D eigenvalue weighted by molar-refractivity contribution is -0.117. The van der Waals surface area contributed by atoms with Crippen molar-refractivity contribution in [1.82, 2.24) is 0 Å². The van der Waals surface area contributed by atoms with E-state index in [2.05, 4.69) is 5.92 Å². The maximum atomic E-state index is 11.8. The van der Waals surface area contributed by atoms with Crippen molar-refractivity contribution >= 4 is 23.3 Å². The molecular formula is C13H12N2O3. The normalized spacial score (nSPS) is 18.7. The molecule has 3 N–H and O–H groups in total. The topological polar surface area (TPSA) is 83.6 Å².